The van der Waals surface area contributed by atoms with Crippen LogP contribution in [0.15, 0.2) is 60.7 Å². The first kappa shape index (κ1) is 37.9. The van der Waals surface area contributed by atoms with Gasteiger partial charge in [0.05, 0.1) is 39.0 Å². The molecule has 2 fully saturated rings. The van der Waals surface area contributed by atoms with Crippen molar-refractivity contribution in [1.29, 1.82) is 0 Å². The number of cyclic esters (lactones) is 2. The van der Waals surface area contributed by atoms with Gasteiger partial charge in [0.2, 0.25) is 5.24 Å². The molecule has 1 N–H and O–H groups in total. The van der Waals surface area contributed by atoms with Crippen molar-refractivity contribution in [3.8, 4) is 0 Å². The predicted octanol–water partition coefficient (Wildman–Crippen LogP) is 5.16. The summed E-state index contributed by atoms with van der Waals surface area (Å²) in [6, 6.07) is 19.5. The average Bonchev–Trinajstić information content (AvgIpc) is 3.59. The van der Waals surface area contributed by atoms with Crippen LogP contribution in [0.3, 0.4) is 0 Å². The number of rotatable bonds is 13. The molecule has 2 aromatic rings. The largest absolute Gasteiger partial charge is 0.461 e. The SMILES string of the molecule is CC(C)C(=O)Cl.CC(C)C(=O)OCC1(COCc2ccccc2)CCC(=O)O1.O=C1CCC(CO)(COCc2ccccc2)O1. The Bertz CT molecular complexity index is 1200. The first-order valence-electron chi connectivity index (χ1n) is 15.0. The lowest BCUT2D eigenvalue weighted by molar-refractivity contribution is -0.171. The van der Waals surface area contributed by atoms with Gasteiger partial charge in [-0.1, -0.05) is 88.4 Å². The minimum Gasteiger partial charge on any atom is -0.461 e. The van der Waals surface area contributed by atoms with Crippen molar-refractivity contribution in [3.05, 3.63) is 71.8 Å². The van der Waals surface area contributed by atoms with E-state index in [2.05, 4.69) is 0 Å². The molecule has 2 aliphatic heterocycles. The quantitative estimate of drug-likeness (QED) is 0.176. The lowest BCUT2D eigenvalue weighted by Crippen LogP contribution is -2.40. The molecule has 0 saturated carbocycles. The van der Waals surface area contributed by atoms with Crippen LogP contribution in [0, 0.1) is 11.8 Å². The topological polar surface area (TPSA) is 135 Å². The Kier molecular flexibility index (Phi) is 16.2. The molecule has 10 nitrogen and oxygen atoms in total. The normalized spacial score (nSPS) is 20.4. The van der Waals surface area contributed by atoms with E-state index < -0.39 is 11.2 Å². The second kappa shape index (κ2) is 19.3. The van der Waals surface area contributed by atoms with Crippen LogP contribution >= 0.6 is 11.6 Å². The van der Waals surface area contributed by atoms with E-state index in [0.717, 1.165) is 11.1 Å². The number of carbonyl (C=O) groups excluding carboxylic acids is 4. The van der Waals surface area contributed by atoms with Crippen molar-refractivity contribution in [3.63, 3.8) is 0 Å². The maximum absolute atomic E-state index is 11.6. The maximum Gasteiger partial charge on any atom is 0.308 e. The van der Waals surface area contributed by atoms with Crippen molar-refractivity contribution < 1.29 is 48.0 Å². The highest BCUT2D eigenvalue weighted by molar-refractivity contribution is 6.63. The third kappa shape index (κ3) is 14.1. The molecule has 2 unspecified atom stereocenters. The number of aliphatic hydroxyl groups excluding tert-OH is 1. The predicted molar refractivity (Wildman–Crippen MR) is 167 cm³/mol. The van der Waals surface area contributed by atoms with Crippen LogP contribution in [0.2, 0.25) is 0 Å². The Balaban J connectivity index is 0.000000272. The minimum absolute atomic E-state index is 0.0216. The highest BCUT2D eigenvalue weighted by Gasteiger charge is 2.42. The lowest BCUT2D eigenvalue weighted by Gasteiger charge is -2.27. The molecule has 0 amide bonds. The van der Waals surface area contributed by atoms with Crippen LogP contribution < -0.4 is 0 Å². The van der Waals surface area contributed by atoms with E-state index in [1.54, 1.807) is 27.7 Å². The van der Waals surface area contributed by atoms with Crippen LogP contribution in [0.5, 0.6) is 0 Å². The molecule has 248 valence electrons. The summed E-state index contributed by atoms with van der Waals surface area (Å²) in [5.41, 5.74) is 0.425. The van der Waals surface area contributed by atoms with Gasteiger partial charge in [-0.05, 0) is 22.7 Å². The van der Waals surface area contributed by atoms with Crippen molar-refractivity contribution in [1.82, 2.24) is 0 Å². The molecular formula is C34H45ClO10. The molecule has 45 heavy (non-hydrogen) atoms. The summed E-state index contributed by atoms with van der Waals surface area (Å²) < 4.78 is 26.9. The minimum atomic E-state index is -0.851. The molecule has 0 spiro atoms. The smallest absolute Gasteiger partial charge is 0.308 e. The Morgan fingerprint density at radius 3 is 1.53 bits per heavy atom. The average molecular weight is 649 g/mol. The molecule has 2 heterocycles. The van der Waals surface area contributed by atoms with Crippen LogP contribution in [0.1, 0.15) is 64.5 Å². The first-order chi connectivity index (χ1) is 21.4. The van der Waals surface area contributed by atoms with E-state index in [1.807, 2.05) is 60.7 Å². The van der Waals surface area contributed by atoms with Gasteiger partial charge < -0.3 is 28.8 Å². The fourth-order valence-corrected chi connectivity index (χ4v) is 4.08. The highest BCUT2D eigenvalue weighted by Crippen LogP contribution is 2.29. The molecule has 2 aliphatic rings. The van der Waals surface area contributed by atoms with E-state index in [1.165, 1.54) is 0 Å². The van der Waals surface area contributed by atoms with Gasteiger partial charge >= 0.3 is 17.9 Å². The number of carbonyl (C=O) groups is 4. The molecule has 11 heteroatoms. The fourth-order valence-electron chi connectivity index (χ4n) is 4.08. The van der Waals surface area contributed by atoms with Crippen LogP contribution in [-0.4, -0.2) is 65.9 Å². The highest BCUT2D eigenvalue weighted by atomic mass is 35.5. The Morgan fingerprint density at radius 2 is 1.18 bits per heavy atom. The van der Waals surface area contributed by atoms with E-state index in [0.29, 0.717) is 38.9 Å². The molecule has 0 aliphatic carbocycles. The van der Waals surface area contributed by atoms with Crippen molar-refractivity contribution >= 4 is 34.8 Å². The van der Waals surface area contributed by atoms with Crippen LogP contribution in [0.25, 0.3) is 0 Å². The number of halogens is 1. The molecule has 0 aromatic heterocycles. The number of ether oxygens (including phenoxy) is 5. The van der Waals surface area contributed by atoms with Gasteiger partial charge in [-0.25, -0.2) is 0 Å². The van der Waals surface area contributed by atoms with Crippen LogP contribution in [0.4, 0.5) is 0 Å². The monoisotopic (exact) mass is 648 g/mol. The first-order valence-corrected chi connectivity index (χ1v) is 15.4. The summed E-state index contributed by atoms with van der Waals surface area (Å²) in [5, 5.41) is 9.01. The lowest BCUT2D eigenvalue weighted by atomic mass is 10.0. The summed E-state index contributed by atoms with van der Waals surface area (Å²) in [7, 11) is 0. The summed E-state index contributed by atoms with van der Waals surface area (Å²) in [5.74, 6) is -1.07. The molecule has 4 rings (SSSR count). The number of esters is 3. The summed E-state index contributed by atoms with van der Waals surface area (Å²) in [6.07, 6.45) is 1.71. The van der Waals surface area contributed by atoms with Gasteiger partial charge in [0, 0.05) is 31.6 Å². The molecule has 0 radical (unpaired) electrons. The Labute approximate surface area is 270 Å². The zero-order valence-electron chi connectivity index (χ0n) is 26.5. The Hall–Kier alpha value is -3.31. The van der Waals surface area contributed by atoms with E-state index in [-0.39, 0.29) is 61.4 Å². The van der Waals surface area contributed by atoms with Gasteiger partial charge in [-0.2, -0.15) is 0 Å². The molecule has 2 aromatic carbocycles. The number of hydrogen-bond acceptors (Lipinski definition) is 10. The van der Waals surface area contributed by atoms with E-state index in [4.69, 9.17) is 35.3 Å². The third-order valence-corrected chi connectivity index (χ3v) is 7.31. The number of hydrogen-bond donors (Lipinski definition) is 1. The second-order valence-electron chi connectivity index (χ2n) is 11.7. The van der Waals surface area contributed by atoms with Crippen LogP contribution in [-0.2, 0) is 56.1 Å². The van der Waals surface area contributed by atoms with E-state index >= 15 is 0 Å². The zero-order chi connectivity index (χ0) is 33.3. The molecule has 2 atom stereocenters. The third-order valence-electron chi connectivity index (χ3n) is 6.87. The fraction of sp³-hybridized carbons (Fsp3) is 0.529. The standard InChI is InChI=1S/C17H22O5.C13H16O4.C4H7ClO/c1-13(2)16(19)21-12-17(9-8-15(18)22-17)11-20-10-14-6-4-3-5-7-14;14-9-13(7-6-12(15)17-13)10-16-8-11-4-2-1-3-5-11;1-3(2)4(5)6/h3-7,13H,8-12H2,1-2H3;1-5,14H,6-10H2;3H,1-2H3. The second-order valence-corrected chi connectivity index (χ2v) is 12.0. The van der Waals surface area contributed by atoms with E-state index in [9.17, 15) is 24.3 Å². The van der Waals surface area contributed by atoms with Gasteiger partial charge in [0.15, 0.2) is 11.2 Å². The van der Waals surface area contributed by atoms with Gasteiger partial charge in [0.25, 0.3) is 0 Å². The summed E-state index contributed by atoms with van der Waals surface area (Å²) in [4.78, 5) is 44.0. The van der Waals surface area contributed by atoms with Gasteiger partial charge in [-0.15, -0.1) is 0 Å². The maximum atomic E-state index is 11.6. The molecule has 2 saturated heterocycles. The molecule has 0 bridgehead atoms. The van der Waals surface area contributed by atoms with Gasteiger partial charge in [0.1, 0.15) is 6.61 Å². The Morgan fingerprint density at radius 1 is 0.756 bits per heavy atom. The van der Waals surface area contributed by atoms with Crippen molar-refractivity contribution in [2.24, 2.45) is 11.8 Å². The summed E-state index contributed by atoms with van der Waals surface area (Å²) in [6.45, 7) is 8.26. The number of aliphatic hydroxyl groups is 1. The van der Waals surface area contributed by atoms with Crippen molar-refractivity contribution in [2.45, 2.75) is 77.8 Å². The number of benzene rings is 2. The van der Waals surface area contributed by atoms with Gasteiger partial charge in [-0.3, -0.25) is 19.2 Å². The van der Waals surface area contributed by atoms with Crippen molar-refractivity contribution in [2.75, 3.05) is 26.4 Å². The summed E-state index contributed by atoms with van der Waals surface area (Å²) >= 11 is 4.97. The molecular weight excluding hydrogens is 604 g/mol. The zero-order valence-corrected chi connectivity index (χ0v) is 27.3.